The molecule has 1 rings (SSSR count). The molecule has 14 heavy (non-hydrogen) atoms. The molecule has 2 heteroatoms. The summed E-state index contributed by atoms with van der Waals surface area (Å²) < 4.78 is 2.28. The maximum absolute atomic E-state index is 3.54. The van der Waals surface area contributed by atoms with Crippen LogP contribution < -0.4 is 5.32 Å². The Morgan fingerprint density at radius 2 is 2.21 bits per heavy atom. The lowest BCUT2D eigenvalue weighted by Crippen LogP contribution is -2.26. The van der Waals surface area contributed by atoms with Gasteiger partial charge in [0.1, 0.15) is 0 Å². The number of aromatic nitrogens is 1. The van der Waals surface area contributed by atoms with Crippen LogP contribution in [-0.2, 0) is 13.1 Å². The highest BCUT2D eigenvalue weighted by Crippen LogP contribution is 2.03. The van der Waals surface area contributed by atoms with Crippen LogP contribution in [0.25, 0.3) is 0 Å². The summed E-state index contributed by atoms with van der Waals surface area (Å²) >= 11 is 0. The van der Waals surface area contributed by atoms with Crippen molar-refractivity contribution in [3.63, 3.8) is 0 Å². The molecular weight excluding hydrogens is 172 g/mol. The van der Waals surface area contributed by atoms with Gasteiger partial charge in [-0.25, -0.2) is 0 Å². The molecule has 0 bridgehead atoms. The molecule has 0 saturated heterocycles. The van der Waals surface area contributed by atoms with Crippen LogP contribution in [0.15, 0.2) is 18.3 Å². The second kappa shape index (κ2) is 5.86. The molecule has 0 fully saturated rings. The number of hydrogen-bond acceptors (Lipinski definition) is 1. The highest BCUT2D eigenvalue weighted by atomic mass is 15.0. The Labute approximate surface area is 87.3 Å². The molecule has 0 amide bonds. The molecule has 0 aliphatic heterocycles. The Hall–Kier alpha value is -0.760. The maximum Gasteiger partial charge on any atom is 0.0361 e. The van der Waals surface area contributed by atoms with E-state index in [9.17, 15) is 0 Å². The first kappa shape index (κ1) is 11.3. The van der Waals surface area contributed by atoms with E-state index in [4.69, 9.17) is 0 Å². The summed E-state index contributed by atoms with van der Waals surface area (Å²) in [6, 6.07) is 4.93. The van der Waals surface area contributed by atoms with Crippen LogP contribution in [-0.4, -0.2) is 10.6 Å². The molecule has 1 aromatic heterocycles. The van der Waals surface area contributed by atoms with Gasteiger partial charge in [0.15, 0.2) is 0 Å². The monoisotopic (exact) mass is 194 g/mol. The zero-order valence-corrected chi connectivity index (χ0v) is 9.59. The van der Waals surface area contributed by atoms with Gasteiger partial charge in [0.05, 0.1) is 0 Å². The Morgan fingerprint density at radius 1 is 1.43 bits per heavy atom. The summed E-state index contributed by atoms with van der Waals surface area (Å²) in [5.74, 6) is 0. The molecule has 1 heterocycles. The Balaban J connectivity index is 2.37. The SMILES string of the molecule is CCCC(C)NCc1cccn1CC. The van der Waals surface area contributed by atoms with Crippen molar-refractivity contribution >= 4 is 0 Å². The van der Waals surface area contributed by atoms with E-state index in [0.717, 1.165) is 13.1 Å². The van der Waals surface area contributed by atoms with Crippen molar-refractivity contribution in [1.82, 2.24) is 9.88 Å². The molecule has 0 aromatic carbocycles. The molecule has 80 valence electrons. The van der Waals surface area contributed by atoms with Crippen LogP contribution in [0, 0.1) is 0 Å². The molecule has 2 nitrogen and oxygen atoms in total. The fraction of sp³-hybridized carbons (Fsp3) is 0.667. The fourth-order valence-corrected chi connectivity index (χ4v) is 1.73. The average Bonchev–Trinajstić information content (AvgIpc) is 2.62. The molecule has 1 N–H and O–H groups in total. The predicted octanol–water partition coefficient (Wildman–Crippen LogP) is 2.79. The molecule has 0 radical (unpaired) electrons. The second-order valence-electron chi connectivity index (χ2n) is 3.86. The number of hydrogen-bond donors (Lipinski definition) is 1. The van der Waals surface area contributed by atoms with E-state index in [-0.39, 0.29) is 0 Å². The first-order chi connectivity index (χ1) is 6.77. The van der Waals surface area contributed by atoms with Crippen LogP contribution in [0.1, 0.15) is 39.3 Å². The van der Waals surface area contributed by atoms with Crippen LogP contribution >= 0.6 is 0 Å². The molecule has 0 aliphatic rings. The van der Waals surface area contributed by atoms with Gasteiger partial charge in [-0.15, -0.1) is 0 Å². The minimum atomic E-state index is 0.625. The smallest absolute Gasteiger partial charge is 0.0361 e. The minimum Gasteiger partial charge on any atom is -0.351 e. The summed E-state index contributed by atoms with van der Waals surface area (Å²) in [6.45, 7) is 8.71. The largest absolute Gasteiger partial charge is 0.351 e. The summed E-state index contributed by atoms with van der Waals surface area (Å²) in [7, 11) is 0. The van der Waals surface area contributed by atoms with E-state index in [1.54, 1.807) is 0 Å². The highest BCUT2D eigenvalue weighted by Gasteiger charge is 2.02. The third kappa shape index (κ3) is 3.18. The highest BCUT2D eigenvalue weighted by molar-refractivity contribution is 5.06. The standard InChI is InChI=1S/C12H22N2/c1-4-7-11(3)13-10-12-8-6-9-14(12)5-2/h6,8-9,11,13H,4-5,7,10H2,1-3H3. The number of aryl methyl sites for hydroxylation is 1. The number of rotatable bonds is 6. The summed E-state index contributed by atoms with van der Waals surface area (Å²) in [4.78, 5) is 0. The van der Waals surface area contributed by atoms with Crippen molar-refractivity contribution in [3.8, 4) is 0 Å². The minimum absolute atomic E-state index is 0.625. The lowest BCUT2D eigenvalue weighted by molar-refractivity contribution is 0.495. The molecular formula is C12H22N2. The van der Waals surface area contributed by atoms with E-state index in [2.05, 4.69) is 49.0 Å². The van der Waals surface area contributed by atoms with Gasteiger partial charge in [-0.3, -0.25) is 0 Å². The molecule has 1 atom stereocenters. The molecule has 0 saturated carbocycles. The zero-order chi connectivity index (χ0) is 10.4. The van der Waals surface area contributed by atoms with Crippen molar-refractivity contribution in [2.24, 2.45) is 0 Å². The van der Waals surface area contributed by atoms with E-state index < -0.39 is 0 Å². The van der Waals surface area contributed by atoms with Crippen LogP contribution in [0.4, 0.5) is 0 Å². The lowest BCUT2D eigenvalue weighted by Gasteiger charge is -2.13. The van der Waals surface area contributed by atoms with Gasteiger partial charge in [-0.05, 0) is 32.4 Å². The lowest BCUT2D eigenvalue weighted by atomic mass is 10.2. The van der Waals surface area contributed by atoms with Gasteiger partial charge in [-0.1, -0.05) is 13.3 Å². The van der Waals surface area contributed by atoms with Crippen molar-refractivity contribution in [2.75, 3.05) is 0 Å². The predicted molar refractivity (Wildman–Crippen MR) is 61.3 cm³/mol. The second-order valence-corrected chi connectivity index (χ2v) is 3.86. The van der Waals surface area contributed by atoms with Crippen molar-refractivity contribution in [1.29, 1.82) is 0 Å². The molecule has 0 aliphatic carbocycles. The zero-order valence-electron chi connectivity index (χ0n) is 9.59. The first-order valence-electron chi connectivity index (χ1n) is 5.65. The van der Waals surface area contributed by atoms with Gasteiger partial charge >= 0.3 is 0 Å². The maximum atomic E-state index is 3.54. The topological polar surface area (TPSA) is 17.0 Å². The van der Waals surface area contributed by atoms with Crippen molar-refractivity contribution < 1.29 is 0 Å². The third-order valence-electron chi connectivity index (χ3n) is 2.62. The number of nitrogens with zero attached hydrogens (tertiary/aromatic N) is 1. The van der Waals surface area contributed by atoms with Crippen LogP contribution in [0.5, 0.6) is 0 Å². The van der Waals surface area contributed by atoms with E-state index in [1.165, 1.54) is 18.5 Å². The normalized spacial score (nSPS) is 13.1. The molecule has 0 spiro atoms. The van der Waals surface area contributed by atoms with Crippen molar-refractivity contribution in [3.05, 3.63) is 24.0 Å². The van der Waals surface area contributed by atoms with Gasteiger partial charge < -0.3 is 9.88 Å². The van der Waals surface area contributed by atoms with Gasteiger partial charge in [0.2, 0.25) is 0 Å². The van der Waals surface area contributed by atoms with Gasteiger partial charge in [0.25, 0.3) is 0 Å². The summed E-state index contributed by atoms with van der Waals surface area (Å²) in [5.41, 5.74) is 1.38. The Bertz CT molecular complexity index is 253. The Kier molecular flexibility index (Phi) is 4.74. The van der Waals surface area contributed by atoms with Crippen LogP contribution in [0.2, 0.25) is 0 Å². The van der Waals surface area contributed by atoms with E-state index >= 15 is 0 Å². The van der Waals surface area contributed by atoms with Gasteiger partial charge in [-0.2, -0.15) is 0 Å². The third-order valence-corrected chi connectivity index (χ3v) is 2.62. The van der Waals surface area contributed by atoms with Crippen molar-refractivity contribution in [2.45, 2.75) is 52.7 Å². The Morgan fingerprint density at radius 3 is 2.86 bits per heavy atom. The fourth-order valence-electron chi connectivity index (χ4n) is 1.73. The average molecular weight is 194 g/mol. The van der Waals surface area contributed by atoms with E-state index in [0.29, 0.717) is 6.04 Å². The number of nitrogens with one attached hydrogen (secondary N) is 1. The summed E-state index contributed by atoms with van der Waals surface area (Å²) in [5, 5.41) is 3.54. The molecule has 1 unspecified atom stereocenters. The van der Waals surface area contributed by atoms with E-state index in [1.807, 2.05) is 0 Å². The van der Waals surface area contributed by atoms with Crippen LogP contribution in [0.3, 0.4) is 0 Å². The molecule has 1 aromatic rings. The summed E-state index contributed by atoms with van der Waals surface area (Å²) in [6.07, 6.45) is 4.65. The quantitative estimate of drug-likeness (QED) is 0.737. The first-order valence-corrected chi connectivity index (χ1v) is 5.65. The van der Waals surface area contributed by atoms with Gasteiger partial charge in [0, 0.05) is 31.0 Å².